The molecule has 2 aromatic carbocycles. The van der Waals surface area contributed by atoms with Crippen LogP contribution in [0.15, 0.2) is 47.8 Å². The van der Waals surface area contributed by atoms with Gasteiger partial charge in [-0.2, -0.15) is 0 Å². The van der Waals surface area contributed by atoms with Gasteiger partial charge in [0.1, 0.15) is 5.01 Å². The maximum Gasteiger partial charge on any atom is 0.269 e. The number of aromatic nitrogens is 1. The largest absolute Gasteiger partial charge is 0.493 e. The topological polar surface area (TPSA) is 74.5 Å². The summed E-state index contributed by atoms with van der Waals surface area (Å²) in [6.45, 7) is 0. The van der Waals surface area contributed by atoms with Gasteiger partial charge in [0.15, 0.2) is 11.5 Å². The molecule has 24 heavy (non-hydrogen) atoms. The zero-order valence-electron chi connectivity index (χ0n) is 13.1. The first kappa shape index (κ1) is 15.9. The fourth-order valence-electron chi connectivity index (χ4n) is 2.26. The summed E-state index contributed by atoms with van der Waals surface area (Å²) in [7, 11) is 3.18. The molecule has 0 fully saturated rings. The van der Waals surface area contributed by atoms with Gasteiger partial charge in [-0.15, -0.1) is 11.3 Å². The highest BCUT2D eigenvalue weighted by atomic mass is 32.1. The van der Waals surface area contributed by atoms with E-state index in [2.05, 4.69) is 4.98 Å². The van der Waals surface area contributed by atoms with Crippen molar-refractivity contribution in [1.82, 2.24) is 4.98 Å². The summed E-state index contributed by atoms with van der Waals surface area (Å²) in [5, 5.41) is 13.5. The van der Waals surface area contributed by atoms with E-state index < -0.39 is 4.92 Å². The van der Waals surface area contributed by atoms with Crippen LogP contribution in [0, 0.1) is 10.1 Å². The number of benzene rings is 2. The van der Waals surface area contributed by atoms with Crippen molar-refractivity contribution >= 4 is 17.0 Å². The van der Waals surface area contributed by atoms with Crippen molar-refractivity contribution in [3.05, 3.63) is 58.0 Å². The standard InChI is InChI=1S/C17H14N2O4S/c1-22-15-8-5-12(9-16(15)23-2)14-10-24-17(18-14)11-3-6-13(7-4-11)19(20)21/h3-10H,1-2H3. The van der Waals surface area contributed by atoms with Crippen LogP contribution in [-0.4, -0.2) is 24.1 Å². The second-order valence-electron chi connectivity index (χ2n) is 4.91. The van der Waals surface area contributed by atoms with Crippen molar-refractivity contribution < 1.29 is 14.4 Å². The zero-order chi connectivity index (χ0) is 17.1. The summed E-state index contributed by atoms with van der Waals surface area (Å²) in [5.74, 6) is 1.30. The summed E-state index contributed by atoms with van der Waals surface area (Å²) in [6, 6.07) is 12.0. The van der Waals surface area contributed by atoms with E-state index in [4.69, 9.17) is 9.47 Å². The Labute approximate surface area is 142 Å². The second kappa shape index (κ2) is 6.67. The molecule has 1 heterocycles. The molecule has 0 saturated carbocycles. The Morgan fingerprint density at radius 1 is 1.00 bits per heavy atom. The van der Waals surface area contributed by atoms with E-state index >= 15 is 0 Å². The number of methoxy groups -OCH3 is 2. The minimum absolute atomic E-state index is 0.0652. The highest BCUT2D eigenvalue weighted by molar-refractivity contribution is 7.13. The Morgan fingerprint density at radius 2 is 1.67 bits per heavy atom. The van der Waals surface area contributed by atoms with Gasteiger partial charge in [0.2, 0.25) is 0 Å². The van der Waals surface area contributed by atoms with Crippen molar-refractivity contribution in [2.75, 3.05) is 14.2 Å². The second-order valence-corrected chi connectivity index (χ2v) is 5.77. The maximum atomic E-state index is 10.7. The molecule has 0 aliphatic carbocycles. The average molecular weight is 342 g/mol. The molecule has 122 valence electrons. The number of nitro benzene ring substituents is 1. The number of hydrogen-bond acceptors (Lipinski definition) is 6. The lowest BCUT2D eigenvalue weighted by molar-refractivity contribution is -0.384. The maximum absolute atomic E-state index is 10.7. The minimum Gasteiger partial charge on any atom is -0.493 e. The number of non-ortho nitro benzene ring substituents is 1. The van der Waals surface area contributed by atoms with Crippen molar-refractivity contribution in [3.8, 4) is 33.3 Å². The summed E-state index contributed by atoms with van der Waals surface area (Å²) in [6.07, 6.45) is 0. The van der Waals surface area contributed by atoms with Crippen LogP contribution in [0.25, 0.3) is 21.8 Å². The van der Waals surface area contributed by atoms with Crippen LogP contribution in [0.5, 0.6) is 11.5 Å². The molecule has 6 nitrogen and oxygen atoms in total. The third-order valence-corrected chi connectivity index (χ3v) is 4.40. The zero-order valence-corrected chi connectivity index (χ0v) is 13.9. The van der Waals surface area contributed by atoms with Crippen LogP contribution >= 0.6 is 11.3 Å². The number of ether oxygens (including phenoxy) is 2. The first-order chi connectivity index (χ1) is 11.6. The lowest BCUT2D eigenvalue weighted by Gasteiger charge is -2.08. The molecule has 0 spiro atoms. The molecule has 0 radical (unpaired) electrons. The van der Waals surface area contributed by atoms with Gasteiger partial charge in [0.25, 0.3) is 5.69 Å². The molecule has 0 saturated heterocycles. The Morgan fingerprint density at radius 3 is 2.29 bits per heavy atom. The first-order valence-electron chi connectivity index (χ1n) is 7.05. The molecule has 3 aromatic rings. The van der Waals surface area contributed by atoms with E-state index in [0.29, 0.717) is 11.5 Å². The first-order valence-corrected chi connectivity index (χ1v) is 7.93. The SMILES string of the molecule is COc1ccc(-c2csc(-c3ccc([N+](=O)[O-])cc3)n2)cc1OC. The van der Waals surface area contributed by atoms with Crippen LogP contribution in [0.3, 0.4) is 0 Å². The third kappa shape index (κ3) is 3.07. The minimum atomic E-state index is -0.416. The predicted octanol–water partition coefficient (Wildman–Crippen LogP) is 4.40. The number of hydrogen-bond donors (Lipinski definition) is 0. The van der Waals surface area contributed by atoms with Gasteiger partial charge in [-0.25, -0.2) is 4.98 Å². The van der Waals surface area contributed by atoms with Crippen molar-refractivity contribution in [2.45, 2.75) is 0 Å². The van der Waals surface area contributed by atoms with E-state index in [9.17, 15) is 10.1 Å². The summed E-state index contributed by atoms with van der Waals surface area (Å²) in [4.78, 5) is 14.9. The van der Waals surface area contributed by atoms with E-state index in [0.717, 1.165) is 21.8 Å². The highest BCUT2D eigenvalue weighted by Gasteiger charge is 2.11. The van der Waals surface area contributed by atoms with Crippen molar-refractivity contribution in [1.29, 1.82) is 0 Å². The summed E-state index contributed by atoms with van der Waals surface area (Å²) >= 11 is 1.48. The van der Waals surface area contributed by atoms with Crippen LogP contribution in [-0.2, 0) is 0 Å². The number of nitro groups is 1. The smallest absolute Gasteiger partial charge is 0.269 e. The van der Waals surface area contributed by atoms with Crippen LogP contribution in [0.4, 0.5) is 5.69 Å². The van der Waals surface area contributed by atoms with Gasteiger partial charge < -0.3 is 9.47 Å². The number of nitrogens with zero attached hydrogens (tertiary/aromatic N) is 2. The molecule has 0 unspecified atom stereocenters. The van der Waals surface area contributed by atoms with Crippen LogP contribution in [0.1, 0.15) is 0 Å². The van der Waals surface area contributed by atoms with Crippen molar-refractivity contribution in [3.63, 3.8) is 0 Å². The molecule has 0 amide bonds. The highest BCUT2D eigenvalue weighted by Crippen LogP contribution is 2.34. The number of rotatable bonds is 5. The summed E-state index contributed by atoms with van der Waals surface area (Å²) < 4.78 is 10.5. The van der Waals surface area contributed by atoms with Crippen LogP contribution < -0.4 is 9.47 Å². The van der Waals surface area contributed by atoms with Crippen molar-refractivity contribution in [2.24, 2.45) is 0 Å². The van der Waals surface area contributed by atoms with Gasteiger partial charge in [-0.3, -0.25) is 10.1 Å². The molecule has 1 aromatic heterocycles. The summed E-state index contributed by atoms with van der Waals surface area (Å²) in [5.41, 5.74) is 2.64. The Kier molecular flexibility index (Phi) is 4.43. The molecule has 0 N–H and O–H groups in total. The molecule has 7 heteroatoms. The van der Waals surface area contributed by atoms with E-state index in [1.807, 2.05) is 23.6 Å². The van der Waals surface area contributed by atoms with Gasteiger partial charge in [0.05, 0.1) is 24.8 Å². The Balaban J connectivity index is 1.91. The van der Waals surface area contributed by atoms with Gasteiger partial charge in [-0.05, 0) is 30.3 Å². The lowest BCUT2D eigenvalue weighted by Crippen LogP contribution is -1.91. The fraction of sp³-hybridized carbons (Fsp3) is 0.118. The molecule has 0 atom stereocenters. The van der Waals surface area contributed by atoms with Crippen LogP contribution in [0.2, 0.25) is 0 Å². The Hall–Kier alpha value is -2.93. The molecule has 0 aliphatic rings. The quantitative estimate of drug-likeness (QED) is 0.507. The normalized spacial score (nSPS) is 10.4. The molecule has 0 bridgehead atoms. The molecular formula is C17H14N2O4S. The van der Waals surface area contributed by atoms with Gasteiger partial charge in [0, 0.05) is 28.6 Å². The van der Waals surface area contributed by atoms with Gasteiger partial charge >= 0.3 is 0 Å². The lowest BCUT2D eigenvalue weighted by atomic mass is 10.1. The average Bonchev–Trinajstić information content (AvgIpc) is 3.11. The Bertz CT molecular complexity index is 875. The van der Waals surface area contributed by atoms with Gasteiger partial charge in [-0.1, -0.05) is 0 Å². The van der Waals surface area contributed by atoms with E-state index in [-0.39, 0.29) is 5.69 Å². The third-order valence-electron chi connectivity index (χ3n) is 3.51. The monoisotopic (exact) mass is 342 g/mol. The number of thiazole rings is 1. The predicted molar refractivity (Wildman–Crippen MR) is 92.7 cm³/mol. The molecule has 3 rings (SSSR count). The fourth-order valence-corrected chi connectivity index (χ4v) is 3.10. The molecule has 0 aliphatic heterocycles. The molecular weight excluding hydrogens is 328 g/mol. The van der Waals surface area contributed by atoms with E-state index in [1.54, 1.807) is 26.4 Å². The van der Waals surface area contributed by atoms with E-state index in [1.165, 1.54) is 23.5 Å².